The van der Waals surface area contributed by atoms with Gasteiger partial charge in [0.15, 0.2) is 0 Å². The van der Waals surface area contributed by atoms with Crippen LogP contribution >= 0.6 is 0 Å². The van der Waals surface area contributed by atoms with E-state index in [9.17, 15) is 10.2 Å². The van der Waals surface area contributed by atoms with Crippen LogP contribution in [0, 0.1) is 22.7 Å². The van der Waals surface area contributed by atoms with E-state index in [0.717, 1.165) is 38.5 Å². The summed E-state index contributed by atoms with van der Waals surface area (Å²) >= 11 is 0. The molecule has 1 saturated carbocycles. The first-order valence-corrected chi connectivity index (χ1v) is 8.91. The summed E-state index contributed by atoms with van der Waals surface area (Å²) in [5, 5.41) is 20.9. The molecule has 4 rings (SSSR count). The topological polar surface area (TPSA) is 66.5 Å². The van der Waals surface area contributed by atoms with Crippen molar-refractivity contribution in [2.24, 2.45) is 28.4 Å². The monoisotopic (exact) mass is 303 g/mol. The zero-order chi connectivity index (χ0) is 15.7. The minimum Gasteiger partial charge on any atom is -0.389 e. The van der Waals surface area contributed by atoms with Crippen LogP contribution in [0.2, 0.25) is 0 Å². The molecule has 4 N–H and O–H groups in total. The molecule has 0 aliphatic heterocycles. The van der Waals surface area contributed by atoms with Crippen LogP contribution in [0.3, 0.4) is 0 Å². The summed E-state index contributed by atoms with van der Waals surface area (Å²) < 4.78 is 0. The average Bonchev–Trinajstić information content (AvgIpc) is 2.77. The zero-order valence-corrected chi connectivity index (χ0v) is 13.8. The summed E-state index contributed by atoms with van der Waals surface area (Å²) in [6, 6.07) is 0.271. The zero-order valence-electron chi connectivity index (χ0n) is 13.8. The van der Waals surface area contributed by atoms with Crippen molar-refractivity contribution in [3.63, 3.8) is 0 Å². The Balaban J connectivity index is 1.83. The Hall–Kier alpha value is -0.640. The smallest absolute Gasteiger partial charge is 0.0759 e. The predicted octanol–water partition coefficient (Wildman–Crippen LogP) is 2.53. The Morgan fingerprint density at radius 1 is 1.18 bits per heavy atom. The predicted molar refractivity (Wildman–Crippen MR) is 87.1 cm³/mol. The van der Waals surface area contributed by atoms with Crippen LogP contribution in [0.25, 0.3) is 0 Å². The van der Waals surface area contributed by atoms with Crippen LogP contribution in [0.5, 0.6) is 0 Å². The second-order valence-corrected chi connectivity index (χ2v) is 8.57. The molecule has 0 spiro atoms. The molecule has 0 aromatic rings. The molecule has 1 fully saturated rings. The molecular formula is C19H29NO2. The first kappa shape index (κ1) is 14.9. The highest BCUT2D eigenvalue weighted by molar-refractivity contribution is 5.40. The molecule has 22 heavy (non-hydrogen) atoms. The molecule has 7 atom stereocenters. The van der Waals surface area contributed by atoms with Gasteiger partial charge in [-0.3, -0.25) is 0 Å². The second-order valence-electron chi connectivity index (χ2n) is 8.57. The number of aliphatic hydroxyl groups excluding tert-OH is 2. The maximum Gasteiger partial charge on any atom is 0.0759 e. The lowest BCUT2D eigenvalue weighted by Crippen LogP contribution is -2.49. The molecule has 4 aliphatic carbocycles. The molecular weight excluding hydrogens is 274 g/mol. The molecule has 3 nitrogen and oxygen atoms in total. The Kier molecular flexibility index (Phi) is 3.18. The first-order valence-electron chi connectivity index (χ1n) is 8.91. The van der Waals surface area contributed by atoms with Gasteiger partial charge in [-0.1, -0.05) is 31.6 Å². The summed E-state index contributed by atoms with van der Waals surface area (Å²) in [6.45, 7) is 4.65. The van der Waals surface area contributed by atoms with Crippen molar-refractivity contribution in [2.75, 3.05) is 0 Å². The van der Waals surface area contributed by atoms with Crippen molar-refractivity contribution >= 4 is 0 Å². The summed E-state index contributed by atoms with van der Waals surface area (Å²) in [4.78, 5) is 0. The van der Waals surface area contributed by atoms with Crippen molar-refractivity contribution in [3.05, 3.63) is 23.3 Å². The van der Waals surface area contributed by atoms with Crippen molar-refractivity contribution in [1.82, 2.24) is 0 Å². The van der Waals surface area contributed by atoms with Crippen molar-refractivity contribution < 1.29 is 10.2 Å². The van der Waals surface area contributed by atoms with Crippen LogP contribution in [-0.2, 0) is 0 Å². The number of aliphatic hydroxyl groups is 2. The fourth-order valence-electron chi connectivity index (χ4n) is 6.04. The molecule has 0 aromatic carbocycles. The Morgan fingerprint density at radius 3 is 2.73 bits per heavy atom. The van der Waals surface area contributed by atoms with Gasteiger partial charge in [0.25, 0.3) is 0 Å². The van der Waals surface area contributed by atoms with Gasteiger partial charge in [-0.25, -0.2) is 0 Å². The molecule has 0 amide bonds. The second kappa shape index (κ2) is 4.68. The van der Waals surface area contributed by atoms with Gasteiger partial charge in [-0.2, -0.15) is 0 Å². The molecule has 0 aromatic heterocycles. The minimum atomic E-state index is -0.346. The molecule has 0 heterocycles. The Labute approximate surface area is 133 Å². The van der Waals surface area contributed by atoms with Gasteiger partial charge in [-0.05, 0) is 61.3 Å². The maximum absolute atomic E-state index is 10.9. The molecule has 3 heteroatoms. The molecule has 0 unspecified atom stereocenters. The summed E-state index contributed by atoms with van der Waals surface area (Å²) in [5.74, 6) is 0.819. The van der Waals surface area contributed by atoms with E-state index >= 15 is 0 Å². The van der Waals surface area contributed by atoms with E-state index in [4.69, 9.17) is 5.73 Å². The van der Waals surface area contributed by atoms with Gasteiger partial charge in [0, 0.05) is 11.5 Å². The number of allylic oxidation sites excluding steroid dienone is 2. The van der Waals surface area contributed by atoms with Gasteiger partial charge in [0.2, 0.25) is 0 Å². The third-order valence-corrected chi connectivity index (χ3v) is 7.60. The van der Waals surface area contributed by atoms with Crippen LogP contribution in [0.15, 0.2) is 23.3 Å². The number of hydrogen-bond acceptors (Lipinski definition) is 3. The lowest BCUT2D eigenvalue weighted by Gasteiger charge is -2.53. The highest BCUT2D eigenvalue weighted by atomic mass is 16.3. The molecule has 0 radical (unpaired) electrons. The lowest BCUT2D eigenvalue weighted by atomic mass is 9.52. The van der Waals surface area contributed by atoms with E-state index in [0.29, 0.717) is 11.8 Å². The number of hydrogen-bond donors (Lipinski definition) is 3. The maximum atomic E-state index is 10.9. The molecule has 0 saturated heterocycles. The van der Waals surface area contributed by atoms with Gasteiger partial charge < -0.3 is 15.9 Å². The van der Waals surface area contributed by atoms with E-state index in [-0.39, 0.29) is 29.1 Å². The van der Waals surface area contributed by atoms with E-state index in [1.54, 1.807) is 0 Å². The number of rotatable bonds is 0. The normalized spacial score (nSPS) is 54.0. The lowest BCUT2D eigenvalue weighted by molar-refractivity contribution is 0.0457. The molecule has 122 valence electrons. The Bertz CT molecular complexity index is 554. The highest BCUT2D eigenvalue weighted by Crippen LogP contribution is 2.62. The van der Waals surface area contributed by atoms with E-state index < -0.39 is 0 Å². The largest absolute Gasteiger partial charge is 0.389 e. The summed E-state index contributed by atoms with van der Waals surface area (Å²) in [7, 11) is 0. The van der Waals surface area contributed by atoms with Crippen LogP contribution in [-0.4, -0.2) is 28.5 Å². The van der Waals surface area contributed by atoms with Gasteiger partial charge in [0.1, 0.15) is 0 Å². The van der Waals surface area contributed by atoms with Gasteiger partial charge >= 0.3 is 0 Å². The highest BCUT2D eigenvalue weighted by Gasteiger charge is 2.55. The fraction of sp³-hybridized carbons (Fsp3) is 0.789. The number of fused-ring (bicyclic) bond motifs is 4. The summed E-state index contributed by atoms with van der Waals surface area (Å²) in [6.07, 6.45) is 9.49. The van der Waals surface area contributed by atoms with Crippen LogP contribution < -0.4 is 5.73 Å². The van der Waals surface area contributed by atoms with Crippen LogP contribution in [0.4, 0.5) is 0 Å². The summed E-state index contributed by atoms with van der Waals surface area (Å²) in [5.41, 5.74) is 9.41. The van der Waals surface area contributed by atoms with E-state index in [2.05, 4.69) is 19.9 Å². The van der Waals surface area contributed by atoms with Crippen molar-refractivity contribution in [3.8, 4) is 0 Å². The quantitative estimate of drug-likeness (QED) is 0.602. The van der Waals surface area contributed by atoms with Crippen molar-refractivity contribution in [2.45, 2.75) is 70.6 Å². The fourth-order valence-corrected chi connectivity index (χ4v) is 6.04. The molecule has 4 aliphatic rings. The van der Waals surface area contributed by atoms with E-state index in [1.807, 2.05) is 6.08 Å². The van der Waals surface area contributed by atoms with Gasteiger partial charge in [-0.15, -0.1) is 0 Å². The number of nitrogens with two attached hydrogens (primary N) is 1. The molecule has 0 bridgehead atoms. The minimum absolute atomic E-state index is 0.0296. The van der Waals surface area contributed by atoms with Crippen molar-refractivity contribution in [1.29, 1.82) is 0 Å². The third-order valence-electron chi connectivity index (χ3n) is 7.60. The standard InChI is InChI=1S/C19H29NO2/c1-18-7-5-12(21)9-11(18)10-15(22)17-13-3-4-16(20)19(13,2)8-6-14(17)18/h5,7,11-13,15-16,21-22H,3-4,6,8-10,20H2,1-2H3/t11-,12-,13-,15-,16-,18-,19-/m0/s1. The Morgan fingerprint density at radius 2 is 1.95 bits per heavy atom. The third kappa shape index (κ3) is 1.79. The SMILES string of the molecule is C[C@]12CCC3=C([C@@H](O)C[C@@H]4C[C@@H](O)C=C[C@]34C)[C@@H]1CC[C@@H]2N. The first-order chi connectivity index (χ1) is 10.4. The van der Waals surface area contributed by atoms with Crippen LogP contribution in [0.1, 0.15) is 52.4 Å². The van der Waals surface area contributed by atoms with Gasteiger partial charge in [0.05, 0.1) is 12.2 Å². The van der Waals surface area contributed by atoms with E-state index in [1.165, 1.54) is 11.1 Å². The average molecular weight is 303 g/mol.